The standard InChI is InChI=1S/C26H28N4O2/c1-4-29-16-19(15-28-29)17-30(22-10-8-20(9-11-22)18(2)3)26(31)24-12-13-32-25-21(14-27)6-5-7-23(24)25/h5-11,15-16,18,24H,4,12-13,17H2,1-3H3. The van der Waals surface area contributed by atoms with Crippen LogP contribution in [0.5, 0.6) is 5.75 Å². The first kappa shape index (κ1) is 21.6. The number of ether oxygens (including phenoxy) is 1. The van der Waals surface area contributed by atoms with E-state index in [1.54, 1.807) is 6.07 Å². The maximum Gasteiger partial charge on any atom is 0.235 e. The molecule has 164 valence electrons. The number of benzene rings is 2. The van der Waals surface area contributed by atoms with Crippen LogP contribution in [0.1, 0.15) is 61.3 Å². The van der Waals surface area contributed by atoms with Crippen molar-refractivity contribution in [2.24, 2.45) is 0 Å². The molecule has 0 radical (unpaired) electrons. The summed E-state index contributed by atoms with van der Waals surface area (Å²) in [6, 6.07) is 15.8. The molecule has 1 amide bonds. The second kappa shape index (κ2) is 9.27. The molecule has 6 heteroatoms. The molecule has 0 N–H and O–H groups in total. The van der Waals surface area contributed by atoms with Crippen molar-refractivity contribution in [3.8, 4) is 11.8 Å². The molecule has 2 heterocycles. The SMILES string of the molecule is CCn1cc(CN(C(=O)C2CCOc3c(C#N)cccc32)c2ccc(C(C)C)cc2)cn1. The molecule has 0 aliphatic carbocycles. The van der Waals surface area contributed by atoms with Gasteiger partial charge >= 0.3 is 0 Å². The van der Waals surface area contributed by atoms with Crippen LogP contribution in [-0.4, -0.2) is 22.3 Å². The third kappa shape index (κ3) is 4.24. The van der Waals surface area contributed by atoms with Crippen molar-refractivity contribution < 1.29 is 9.53 Å². The lowest BCUT2D eigenvalue weighted by Crippen LogP contribution is -2.37. The maximum absolute atomic E-state index is 13.9. The zero-order valence-corrected chi connectivity index (χ0v) is 18.8. The summed E-state index contributed by atoms with van der Waals surface area (Å²) in [5, 5.41) is 13.8. The van der Waals surface area contributed by atoms with Crippen molar-refractivity contribution >= 4 is 11.6 Å². The van der Waals surface area contributed by atoms with Crippen LogP contribution in [0, 0.1) is 11.3 Å². The predicted molar refractivity (Wildman–Crippen MR) is 124 cm³/mol. The quantitative estimate of drug-likeness (QED) is 0.554. The molecule has 3 aromatic rings. The van der Waals surface area contributed by atoms with Crippen LogP contribution in [0.2, 0.25) is 0 Å². The highest BCUT2D eigenvalue weighted by Gasteiger charge is 2.33. The molecule has 0 saturated heterocycles. The van der Waals surface area contributed by atoms with Crippen molar-refractivity contribution in [3.05, 3.63) is 77.1 Å². The number of fused-ring (bicyclic) bond motifs is 1. The highest BCUT2D eigenvalue weighted by atomic mass is 16.5. The summed E-state index contributed by atoms with van der Waals surface area (Å²) in [6.07, 6.45) is 4.38. The zero-order valence-electron chi connectivity index (χ0n) is 18.8. The number of anilines is 1. The van der Waals surface area contributed by atoms with E-state index in [0.29, 0.717) is 36.8 Å². The largest absolute Gasteiger partial charge is 0.492 e. The Bertz CT molecular complexity index is 1140. The second-order valence-corrected chi connectivity index (χ2v) is 8.40. The van der Waals surface area contributed by atoms with Gasteiger partial charge in [-0.1, -0.05) is 38.1 Å². The van der Waals surface area contributed by atoms with E-state index in [1.807, 2.05) is 53.2 Å². The molecule has 1 atom stereocenters. The number of hydrogen-bond acceptors (Lipinski definition) is 4. The maximum atomic E-state index is 13.9. The lowest BCUT2D eigenvalue weighted by Gasteiger charge is -2.31. The molecule has 2 aromatic carbocycles. The van der Waals surface area contributed by atoms with Crippen molar-refractivity contribution in [1.29, 1.82) is 5.26 Å². The number of rotatable bonds is 6. The first-order valence-electron chi connectivity index (χ1n) is 11.1. The van der Waals surface area contributed by atoms with Gasteiger partial charge in [0.25, 0.3) is 0 Å². The van der Waals surface area contributed by atoms with Gasteiger partial charge < -0.3 is 9.64 Å². The number of aromatic nitrogens is 2. The first-order valence-corrected chi connectivity index (χ1v) is 11.1. The Balaban J connectivity index is 1.71. The molecule has 4 rings (SSSR count). The summed E-state index contributed by atoms with van der Waals surface area (Å²) in [6.45, 7) is 7.98. The summed E-state index contributed by atoms with van der Waals surface area (Å²) >= 11 is 0. The van der Waals surface area contributed by atoms with Gasteiger partial charge in [0.2, 0.25) is 5.91 Å². The summed E-state index contributed by atoms with van der Waals surface area (Å²) in [7, 11) is 0. The van der Waals surface area contributed by atoms with Crippen molar-refractivity contribution in [2.75, 3.05) is 11.5 Å². The molecule has 6 nitrogen and oxygen atoms in total. The Hall–Kier alpha value is -3.59. The average molecular weight is 429 g/mol. The fraction of sp³-hybridized carbons (Fsp3) is 0.346. The van der Waals surface area contributed by atoms with Gasteiger partial charge in [-0.25, -0.2) is 0 Å². The molecule has 1 aromatic heterocycles. The minimum absolute atomic E-state index is 0.00573. The van der Waals surface area contributed by atoms with Gasteiger partial charge in [0.15, 0.2) is 0 Å². The van der Waals surface area contributed by atoms with Crippen LogP contribution in [0.4, 0.5) is 5.69 Å². The van der Waals surface area contributed by atoms with Gasteiger partial charge in [0.1, 0.15) is 11.8 Å². The van der Waals surface area contributed by atoms with E-state index in [9.17, 15) is 10.1 Å². The van der Waals surface area contributed by atoms with E-state index in [1.165, 1.54) is 5.56 Å². The summed E-state index contributed by atoms with van der Waals surface area (Å²) < 4.78 is 7.65. The Morgan fingerprint density at radius 1 is 1.28 bits per heavy atom. The van der Waals surface area contributed by atoms with Crippen LogP contribution in [-0.2, 0) is 17.9 Å². The molecule has 0 bridgehead atoms. The third-order valence-corrected chi connectivity index (χ3v) is 5.98. The number of amides is 1. The fourth-order valence-corrected chi connectivity index (χ4v) is 4.14. The van der Waals surface area contributed by atoms with Crippen molar-refractivity contribution in [2.45, 2.75) is 52.1 Å². The number of aryl methyl sites for hydroxylation is 1. The minimum atomic E-state index is -0.363. The Morgan fingerprint density at radius 3 is 2.72 bits per heavy atom. The van der Waals surface area contributed by atoms with Crippen LogP contribution in [0.15, 0.2) is 54.9 Å². The Kier molecular flexibility index (Phi) is 6.27. The third-order valence-electron chi connectivity index (χ3n) is 5.98. The van der Waals surface area contributed by atoms with E-state index < -0.39 is 0 Å². The van der Waals surface area contributed by atoms with Crippen LogP contribution >= 0.6 is 0 Å². The van der Waals surface area contributed by atoms with Crippen molar-refractivity contribution in [1.82, 2.24) is 9.78 Å². The van der Waals surface area contributed by atoms with Crippen LogP contribution in [0.25, 0.3) is 0 Å². The summed E-state index contributed by atoms with van der Waals surface area (Å²) in [5.41, 5.74) is 4.32. The van der Waals surface area contributed by atoms with E-state index in [-0.39, 0.29) is 11.8 Å². The topological polar surface area (TPSA) is 71.2 Å². The van der Waals surface area contributed by atoms with E-state index in [4.69, 9.17) is 4.74 Å². The zero-order chi connectivity index (χ0) is 22.7. The number of para-hydroxylation sites is 1. The predicted octanol–water partition coefficient (Wildman–Crippen LogP) is 5.00. The van der Waals surface area contributed by atoms with E-state index in [0.717, 1.165) is 23.4 Å². The molecular formula is C26H28N4O2. The molecule has 1 aliphatic rings. The smallest absolute Gasteiger partial charge is 0.235 e. The normalized spacial score (nSPS) is 15.0. The highest BCUT2D eigenvalue weighted by Crippen LogP contribution is 2.38. The minimum Gasteiger partial charge on any atom is -0.492 e. The van der Waals surface area contributed by atoms with Gasteiger partial charge in [-0.05, 0) is 43.0 Å². The molecule has 1 unspecified atom stereocenters. The molecule has 0 saturated carbocycles. The van der Waals surface area contributed by atoms with Crippen LogP contribution < -0.4 is 9.64 Å². The summed E-state index contributed by atoms with van der Waals surface area (Å²) in [5.74, 6) is 0.598. The van der Waals surface area contributed by atoms with Gasteiger partial charge in [-0.2, -0.15) is 10.4 Å². The average Bonchev–Trinajstić information content (AvgIpc) is 3.29. The highest BCUT2D eigenvalue weighted by molar-refractivity contribution is 5.98. The van der Waals surface area contributed by atoms with Gasteiger partial charge in [0, 0.05) is 29.6 Å². The molecule has 0 spiro atoms. The number of carbonyl (C=O) groups is 1. The van der Waals surface area contributed by atoms with Gasteiger partial charge in [0.05, 0.1) is 30.8 Å². The van der Waals surface area contributed by atoms with Gasteiger partial charge in [-0.15, -0.1) is 0 Å². The van der Waals surface area contributed by atoms with Crippen molar-refractivity contribution in [3.63, 3.8) is 0 Å². The molecule has 1 aliphatic heterocycles. The lowest BCUT2D eigenvalue weighted by molar-refractivity contribution is -0.120. The monoisotopic (exact) mass is 428 g/mol. The molecule has 0 fully saturated rings. The lowest BCUT2D eigenvalue weighted by atomic mass is 9.90. The fourth-order valence-electron chi connectivity index (χ4n) is 4.14. The Morgan fingerprint density at radius 2 is 2.06 bits per heavy atom. The molecular weight excluding hydrogens is 400 g/mol. The first-order chi connectivity index (χ1) is 15.5. The van der Waals surface area contributed by atoms with E-state index >= 15 is 0 Å². The summed E-state index contributed by atoms with van der Waals surface area (Å²) in [4.78, 5) is 15.8. The number of nitriles is 1. The Labute approximate surface area is 189 Å². The van der Waals surface area contributed by atoms with Crippen LogP contribution in [0.3, 0.4) is 0 Å². The number of hydrogen-bond donors (Lipinski definition) is 0. The number of carbonyl (C=O) groups excluding carboxylic acids is 1. The number of nitrogens with zero attached hydrogens (tertiary/aromatic N) is 4. The molecule has 32 heavy (non-hydrogen) atoms. The second-order valence-electron chi connectivity index (χ2n) is 8.40. The van der Waals surface area contributed by atoms with E-state index in [2.05, 4.69) is 37.1 Å². The van der Waals surface area contributed by atoms with Gasteiger partial charge in [-0.3, -0.25) is 9.48 Å².